The molecular formula is C29H23F2N5O3S. The van der Waals surface area contributed by atoms with Gasteiger partial charge in [0.15, 0.2) is 11.6 Å². The molecule has 11 heteroatoms. The standard InChI is InChI=1S/C29H23F2N5O3S/c1-16(32-2)26(28(37)34-18-7-5-17(30)6-8-18)29(38)35-19-9-10-24(21(31)14-19)39-23-11-12-33-27-20(23)15-22(36-27)25-4-3-13-40-25/h3-15,32H,1-2H3,(H,33,36)(H,34,37)(H,35,38)/b26-16+. The molecule has 0 aliphatic rings. The van der Waals surface area contributed by atoms with Crippen LogP contribution >= 0.6 is 11.3 Å². The van der Waals surface area contributed by atoms with Crippen LogP contribution in [0.3, 0.4) is 0 Å². The van der Waals surface area contributed by atoms with Crippen LogP contribution in [-0.2, 0) is 9.59 Å². The number of nitrogens with one attached hydrogen (secondary N) is 4. The summed E-state index contributed by atoms with van der Waals surface area (Å²) >= 11 is 1.58. The molecule has 0 saturated carbocycles. The lowest BCUT2D eigenvalue weighted by Crippen LogP contribution is -2.29. The van der Waals surface area contributed by atoms with Gasteiger partial charge in [0.1, 0.15) is 22.8 Å². The van der Waals surface area contributed by atoms with Gasteiger partial charge in [-0.05, 0) is 66.9 Å². The fourth-order valence-electron chi connectivity index (χ4n) is 3.93. The van der Waals surface area contributed by atoms with Crippen LogP contribution < -0.4 is 20.7 Å². The third-order valence-corrected chi connectivity index (χ3v) is 6.90. The molecule has 202 valence electrons. The zero-order valence-corrected chi connectivity index (χ0v) is 22.2. The van der Waals surface area contributed by atoms with Gasteiger partial charge >= 0.3 is 0 Å². The van der Waals surface area contributed by atoms with Crippen molar-refractivity contribution in [2.45, 2.75) is 6.92 Å². The Morgan fingerprint density at radius 3 is 2.33 bits per heavy atom. The molecule has 0 aliphatic carbocycles. The Labute approximate surface area is 231 Å². The fraction of sp³-hybridized carbons (Fsp3) is 0.0690. The molecule has 4 N–H and O–H groups in total. The first-order valence-corrected chi connectivity index (χ1v) is 13.0. The maximum Gasteiger partial charge on any atom is 0.263 e. The van der Waals surface area contributed by atoms with E-state index in [0.717, 1.165) is 16.6 Å². The van der Waals surface area contributed by atoms with Gasteiger partial charge in [0.2, 0.25) is 0 Å². The quantitative estimate of drug-likeness (QED) is 0.0995. The number of fused-ring (bicyclic) bond motifs is 1. The Morgan fingerprint density at radius 1 is 0.925 bits per heavy atom. The average Bonchev–Trinajstić information content (AvgIpc) is 3.62. The van der Waals surface area contributed by atoms with Crippen LogP contribution in [0.4, 0.5) is 20.2 Å². The molecular weight excluding hydrogens is 536 g/mol. The van der Waals surface area contributed by atoms with E-state index in [4.69, 9.17) is 4.74 Å². The molecule has 0 atom stereocenters. The van der Waals surface area contributed by atoms with Gasteiger partial charge in [-0.25, -0.2) is 13.8 Å². The molecule has 0 bridgehead atoms. The predicted molar refractivity (Wildman–Crippen MR) is 151 cm³/mol. The first kappa shape index (κ1) is 26.6. The molecule has 0 saturated heterocycles. The number of halogens is 2. The van der Waals surface area contributed by atoms with E-state index in [2.05, 4.69) is 25.9 Å². The van der Waals surface area contributed by atoms with Gasteiger partial charge in [0, 0.05) is 36.4 Å². The molecule has 0 spiro atoms. The lowest BCUT2D eigenvalue weighted by Gasteiger charge is -2.14. The number of carbonyl (C=O) groups is 2. The average molecular weight is 560 g/mol. The normalized spacial score (nSPS) is 11.6. The van der Waals surface area contributed by atoms with Gasteiger partial charge in [-0.1, -0.05) is 6.07 Å². The van der Waals surface area contributed by atoms with E-state index in [9.17, 15) is 14.0 Å². The van der Waals surface area contributed by atoms with Crippen LogP contribution in [0.25, 0.3) is 21.6 Å². The zero-order chi connectivity index (χ0) is 28.2. The van der Waals surface area contributed by atoms with Crippen LogP contribution in [0.5, 0.6) is 11.5 Å². The lowest BCUT2D eigenvalue weighted by molar-refractivity contribution is -0.118. The second-order valence-electron chi connectivity index (χ2n) is 8.64. The number of anilines is 2. The Bertz CT molecular complexity index is 1730. The SMILES string of the molecule is CN/C(C)=C(\C(=O)Nc1ccc(F)cc1)C(=O)Nc1ccc(Oc2ccnc3[nH]c(-c4cccs4)cc23)c(F)c1. The number of ether oxygens (including phenoxy) is 1. The fourth-order valence-corrected chi connectivity index (χ4v) is 4.62. The number of allylic oxidation sites excluding steroid dienone is 1. The van der Waals surface area contributed by atoms with Gasteiger partial charge in [0.05, 0.1) is 16.0 Å². The summed E-state index contributed by atoms with van der Waals surface area (Å²) in [4.78, 5) is 34.5. The monoisotopic (exact) mass is 559 g/mol. The maximum absolute atomic E-state index is 15.1. The van der Waals surface area contributed by atoms with Crippen LogP contribution in [0.15, 0.2) is 89.6 Å². The van der Waals surface area contributed by atoms with Crippen LogP contribution in [0.2, 0.25) is 0 Å². The van der Waals surface area contributed by atoms with Gasteiger partial charge in [-0.2, -0.15) is 0 Å². The minimum atomic E-state index is -0.760. The van der Waals surface area contributed by atoms with E-state index in [-0.39, 0.29) is 22.7 Å². The number of rotatable bonds is 8. The van der Waals surface area contributed by atoms with E-state index in [0.29, 0.717) is 22.5 Å². The van der Waals surface area contributed by atoms with Crippen molar-refractivity contribution in [3.05, 3.63) is 101 Å². The van der Waals surface area contributed by atoms with Crippen LogP contribution in [-0.4, -0.2) is 28.8 Å². The molecule has 8 nitrogen and oxygen atoms in total. The summed E-state index contributed by atoms with van der Waals surface area (Å²) in [7, 11) is 1.56. The Morgan fingerprint density at radius 2 is 1.65 bits per heavy atom. The number of benzene rings is 2. The van der Waals surface area contributed by atoms with Crippen molar-refractivity contribution in [2.75, 3.05) is 17.7 Å². The van der Waals surface area contributed by atoms with Crippen molar-refractivity contribution < 1.29 is 23.1 Å². The molecule has 5 rings (SSSR count). The third kappa shape index (κ3) is 5.69. The Balaban J connectivity index is 1.33. The summed E-state index contributed by atoms with van der Waals surface area (Å²) in [6.07, 6.45) is 1.56. The van der Waals surface area contributed by atoms with Crippen molar-refractivity contribution >= 4 is 45.6 Å². The smallest absolute Gasteiger partial charge is 0.263 e. The van der Waals surface area contributed by atoms with E-state index >= 15 is 4.39 Å². The summed E-state index contributed by atoms with van der Waals surface area (Å²) in [6.45, 7) is 1.55. The second kappa shape index (κ2) is 11.4. The summed E-state index contributed by atoms with van der Waals surface area (Å²) in [5.74, 6) is -2.30. The molecule has 0 unspecified atom stereocenters. The van der Waals surface area contributed by atoms with Gasteiger partial charge < -0.3 is 25.7 Å². The highest BCUT2D eigenvalue weighted by Crippen LogP contribution is 2.35. The molecule has 40 heavy (non-hydrogen) atoms. The van der Waals surface area contributed by atoms with Crippen molar-refractivity contribution in [2.24, 2.45) is 0 Å². The topological polar surface area (TPSA) is 108 Å². The number of pyridine rings is 1. The number of aromatic amines is 1. The highest BCUT2D eigenvalue weighted by molar-refractivity contribution is 7.13. The molecule has 2 aromatic carbocycles. The van der Waals surface area contributed by atoms with Gasteiger partial charge in [-0.15, -0.1) is 11.3 Å². The number of hydrogen-bond acceptors (Lipinski definition) is 6. The van der Waals surface area contributed by atoms with E-state index in [1.165, 1.54) is 36.4 Å². The molecule has 0 fully saturated rings. The molecule has 5 aromatic rings. The number of thiophene rings is 1. The second-order valence-corrected chi connectivity index (χ2v) is 9.59. The molecule has 3 aromatic heterocycles. The largest absolute Gasteiger partial charge is 0.453 e. The zero-order valence-electron chi connectivity index (χ0n) is 21.3. The molecule has 0 radical (unpaired) electrons. The Hall–Kier alpha value is -5.03. The maximum atomic E-state index is 15.1. The number of aromatic nitrogens is 2. The van der Waals surface area contributed by atoms with Gasteiger partial charge in [0.25, 0.3) is 11.8 Å². The number of H-pyrrole nitrogens is 1. The highest BCUT2D eigenvalue weighted by atomic mass is 32.1. The highest BCUT2D eigenvalue weighted by Gasteiger charge is 2.22. The summed E-state index contributed by atoms with van der Waals surface area (Å²) in [5.41, 5.74) is 1.96. The number of hydrogen-bond donors (Lipinski definition) is 4. The molecule has 3 heterocycles. The molecule has 0 aliphatic heterocycles. The van der Waals surface area contributed by atoms with Gasteiger partial charge in [-0.3, -0.25) is 9.59 Å². The van der Waals surface area contributed by atoms with Crippen molar-refractivity contribution in [1.29, 1.82) is 0 Å². The predicted octanol–water partition coefficient (Wildman–Crippen LogP) is 6.43. The first-order chi connectivity index (χ1) is 19.3. The van der Waals surface area contributed by atoms with E-state index in [1.54, 1.807) is 37.6 Å². The number of nitrogens with zero attached hydrogens (tertiary/aromatic N) is 1. The van der Waals surface area contributed by atoms with E-state index < -0.39 is 23.4 Å². The number of carbonyl (C=O) groups excluding carboxylic acids is 2. The minimum Gasteiger partial charge on any atom is -0.453 e. The summed E-state index contributed by atoms with van der Waals surface area (Å²) in [6, 6.07) is 16.5. The lowest BCUT2D eigenvalue weighted by atomic mass is 10.1. The summed E-state index contributed by atoms with van der Waals surface area (Å²) < 4.78 is 34.2. The van der Waals surface area contributed by atoms with Crippen molar-refractivity contribution in [3.8, 4) is 22.1 Å². The first-order valence-electron chi connectivity index (χ1n) is 12.1. The summed E-state index contributed by atoms with van der Waals surface area (Å²) in [5, 5.41) is 10.5. The van der Waals surface area contributed by atoms with Crippen LogP contribution in [0, 0.1) is 11.6 Å². The van der Waals surface area contributed by atoms with Crippen LogP contribution in [0.1, 0.15) is 6.92 Å². The van der Waals surface area contributed by atoms with Crippen molar-refractivity contribution in [3.63, 3.8) is 0 Å². The minimum absolute atomic E-state index is 0.0550. The van der Waals surface area contributed by atoms with E-state index in [1.807, 2.05) is 23.6 Å². The Kier molecular flexibility index (Phi) is 7.56. The number of amides is 2. The third-order valence-electron chi connectivity index (χ3n) is 5.99. The molecule has 2 amide bonds. The van der Waals surface area contributed by atoms with Crippen molar-refractivity contribution in [1.82, 2.24) is 15.3 Å².